The summed E-state index contributed by atoms with van der Waals surface area (Å²) >= 11 is 0. The van der Waals surface area contributed by atoms with Gasteiger partial charge < -0.3 is 9.64 Å². The summed E-state index contributed by atoms with van der Waals surface area (Å²) in [4.78, 5) is 14.3. The number of carbonyl (C=O) groups is 1. The van der Waals surface area contributed by atoms with Gasteiger partial charge in [-0.15, -0.1) is 0 Å². The van der Waals surface area contributed by atoms with E-state index in [9.17, 15) is 4.79 Å². The van der Waals surface area contributed by atoms with Gasteiger partial charge in [-0.2, -0.15) is 0 Å². The van der Waals surface area contributed by atoms with Gasteiger partial charge in [0.2, 0.25) is 5.91 Å². The Kier molecular flexibility index (Phi) is 6.62. The Morgan fingerprint density at radius 2 is 1.83 bits per heavy atom. The van der Waals surface area contributed by atoms with Crippen molar-refractivity contribution in [2.24, 2.45) is 0 Å². The van der Waals surface area contributed by atoms with Crippen LogP contribution in [0.15, 0.2) is 55.1 Å². The monoisotopic (exact) mass is 323 g/mol. The second kappa shape index (κ2) is 8.92. The first-order valence-electron chi connectivity index (χ1n) is 8.37. The molecule has 0 radical (unpaired) electrons. The Morgan fingerprint density at radius 1 is 1.12 bits per heavy atom. The van der Waals surface area contributed by atoms with Crippen molar-refractivity contribution in [2.45, 2.75) is 26.9 Å². The van der Waals surface area contributed by atoms with Gasteiger partial charge in [0, 0.05) is 18.7 Å². The summed E-state index contributed by atoms with van der Waals surface area (Å²) in [7, 11) is 0. The molecule has 0 saturated heterocycles. The molecule has 0 saturated carbocycles. The summed E-state index contributed by atoms with van der Waals surface area (Å²) in [5.41, 5.74) is 3.00. The second-order valence-corrected chi connectivity index (χ2v) is 5.59. The lowest BCUT2D eigenvalue weighted by Gasteiger charge is -2.20. The third-order valence-electron chi connectivity index (χ3n) is 4.02. The van der Waals surface area contributed by atoms with Crippen molar-refractivity contribution in [1.82, 2.24) is 4.90 Å². The minimum Gasteiger partial charge on any atom is -0.489 e. The number of benzene rings is 2. The molecule has 0 aliphatic heterocycles. The minimum absolute atomic E-state index is 0.116. The summed E-state index contributed by atoms with van der Waals surface area (Å²) in [5, 5.41) is 0. The van der Waals surface area contributed by atoms with Crippen LogP contribution in [0.5, 0.6) is 5.75 Å². The van der Waals surface area contributed by atoms with Crippen molar-refractivity contribution in [3.63, 3.8) is 0 Å². The molecule has 0 bridgehead atoms. The zero-order chi connectivity index (χ0) is 17.4. The van der Waals surface area contributed by atoms with Crippen LogP contribution >= 0.6 is 0 Å². The van der Waals surface area contributed by atoms with Crippen molar-refractivity contribution in [3.05, 3.63) is 71.8 Å². The smallest absolute Gasteiger partial charge is 0.227 e. The van der Waals surface area contributed by atoms with Crippen LogP contribution in [0.2, 0.25) is 0 Å². The first kappa shape index (κ1) is 17.8. The predicted molar refractivity (Wildman–Crippen MR) is 98.9 cm³/mol. The normalized spacial score (nSPS) is 10.2. The predicted octanol–water partition coefficient (Wildman–Crippen LogP) is 4.32. The summed E-state index contributed by atoms with van der Waals surface area (Å²) in [5.74, 6) is 0.871. The Morgan fingerprint density at radius 3 is 2.46 bits per heavy atom. The molecule has 2 aromatic rings. The molecule has 0 fully saturated rings. The fourth-order valence-corrected chi connectivity index (χ4v) is 2.59. The van der Waals surface area contributed by atoms with Crippen molar-refractivity contribution in [2.75, 3.05) is 13.1 Å². The van der Waals surface area contributed by atoms with Crippen LogP contribution in [0.4, 0.5) is 0 Å². The Hall–Kier alpha value is -2.55. The topological polar surface area (TPSA) is 29.5 Å². The van der Waals surface area contributed by atoms with Gasteiger partial charge in [-0.3, -0.25) is 4.79 Å². The molecule has 0 N–H and O–H groups in total. The van der Waals surface area contributed by atoms with E-state index in [0.29, 0.717) is 13.0 Å². The van der Waals surface area contributed by atoms with E-state index in [2.05, 4.69) is 6.58 Å². The maximum absolute atomic E-state index is 12.4. The molecular formula is C21H25NO2. The SMILES string of the molecule is C=Cc1ccc(OCc2ccccc2)c(CC(=O)N(CC)CC)c1. The number of hydrogen-bond acceptors (Lipinski definition) is 2. The number of ether oxygens (including phenoxy) is 1. The Bertz CT molecular complexity index is 675. The zero-order valence-electron chi connectivity index (χ0n) is 14.5. The van der Waals surface area contributed by atoms with Crippen LogP contribution in [0.3, 0.4) is 0 Å². The van der Waals surface area contributed by atoms with E-state index in [1.165, 1.54) is 0 Å². The first-order chi connectivity index (χ1) is 11.7. The van der Waals surface area contributed by atoms with Gasteiger partial charge in [0.25, 0.3) is 0 Å². The molecule has 126 valence electrons. The Labute approximate surface area is 144 Å². The van der Waals surface area contributed by atoms with Gasteiger partial charge in [-0.25, -0.2) is 0 Å². The third kappa shape index (κ3) is 4.72. The molecule has 3 nitrogen and oxygen atoms in total. The van der Waals surface area contributed by atoms with Gasteiger partial charge in [-0.05, 0) is 37.1 Å². The fourth-order valence-electron chi connectivity index (χ4n) is 2.59. The maximum atomic E-state index is 12.4. The molecule has 0 atom stereocenters. The van der Waals surface area contributed by atoms with Gasteiger partial charge in [0.15, 0.2) is 0 Å². The van der Waals surface area contributed by atoms with Crippen molar-refractivity contribution in [3.8, 4) is 5.75 Å². The van der Waals surface area contributed by atoms with Crippen LogP contribution in [0.25, 0.3) is 6.08 Å². The highest BCUT2D eigenvalue weighted by Gasteiger charge is 2.14. The largest absolute Gasteiger partial charge is 0.489 e. The summed E-state index contributed by atoms with van der Waals surface area (Å²) in [6, 6.07) is 15.9. The maximum Gasteiger partial charge on any atom is 0.227 e. The van der Waals surface area contributed by atoms with E-state index in [4.69, 9.17) is 4.74 Å². The highest BCUT2D eigenvalue weighted by molar-refractivity contribution is 5.79. The van der Waals surface area contributed by atoms with Crippen molar-refractivity contribution >= 4 is 12.0 Å². The van der Waals surface area contributed by atoms with Gasteiger partial charge in [0.05, 0.1) is 6.42 Å². The minimum atomic E-state index is 0.116. The highest BCUT2D eigenvalue weighted by atomic mass is 16.5. The molecule has 24 heavy (non-hydrogen) atoms. The number of amides is 1. The van der Waals surface area contributed by atoms with E-state index in [0.717, 1.165) is 35.5 Å². The van der Waals surface area contributed by atoms with Gasteiger partial charge in [-0.1, -0.05) is 49.1 Å². The van der Waals surface area contributed by atoms with Crippen LogP contribution in [-0.4, -0.2) is 23.9 Å². The van der Waals surface area contributed by atoms with E-state index in [1.54, 1.807) is 6.08 Å². The molecular weight excluding hydrogens is 298 g/mol. The molecule has 3 heteroatoms. The Balaban J connectivity index is 2.17. The number of carbonyl (C=O) groups excluding carboxylic acids is 1. The highest BCUT2D eigenvalue weighted by Crippen LogP contribution is 2.23. The van der Waals surface area contributed by atoms with Crippen LogP contribution in [0, 0.1) is 0 Å². The second-order valence-electron chi connectivity index (χ2n) is 5.59. The molecule has 0 unspecified atom stereocenters. The van der Waals surface area contributed by atoms with Crippen LogP contribution in [0.1, 0.15) is 30.5 Å². The van der Waals surface area contributed by atoms with Gasteiger partial charge in [0.1, 0.15) is 12.4 Å². The van der Waals surface area contributed by atoms with E-state index in [-0.39, 0.29) is 5.91 Å². The molecule has 0 aromatic heterocycles. The van der Waals surface area contributed by atoms with Crippen molar-refractivity contribution < 1.29 is 9.53 Å². The number of rotatable bonds is 8. The standard InChI is InChI=1S/C21H25NO2/c1-4-17-12-13-20(24-16-18-10-8-7-9-11-18)19(14-17)15-21(23)22(5-2)6-3/h4,7-14H,1,5-6,15-16H2,2-3H3. The summed E-state index contributed by atoms with van der Waals surface area (Å²) in [6.07, 6.45) is 2.12. The lowest BCUT2D eigenvalue weighted by Crippen LogP contribution is -2.31. The van der Waals surface area contributed by atoms with E-state index < -0.39 is 0 Å². The summed E-state index contributed by atoms with van der Waals surface area (Å²) in [6.45, 7) is 9.72. The number of nitrogens with zero attached hydrogens (tertiary/aromatic N) is 1. The fraction of sp³-hybridized carbons (Fsp3) is 0.286. The molecule has 1 amide bonds. The zero-order valence-corrected chi connectivity index (χ0v) is 14.5. The van der Waals surface area contributed by atoms with Crippen LogP contribution < -0.4 is 4.74 Å². The average Bonchev–Trinajstić information content (AvgIpc) is 2.62. The first-order valence-corrected chi connectivity index (χ1v) is 8.37. The lowest BCUT2D eigenvalue weighted by atomic mass is 10.1. The lowest BCUT2D eigenvalue weighted by molar-refractivity contribution is -0.130. The average molecular weight is 323 g/mol. The quantitative estimate of drug-likeness (QED) is 0.724. The van der Waals surface area contributed by atoms with E-state index in [1.807, 2.05) is 67.3 Å². The molecule has 0 spiro atoms. The van der Waals surface area contributed by atoms with Gasteiger partial charge >= 0.3 is 0 Å². The molecule has 0 heterocycles. The molecule has 2 rings (SSSR count). The van der Waals surface area contributed by atoms with Crippen LogP contribution in [-0.2, 0) is 17.8 Å². The van der Waals surface area contributed by atoms with Crippen molar-refractivity contribution in [1.29, 1.82) is 0 Å². The number of likely N-dealkylation sites (N-methyl/N-ethyl adjacent to an activating group) is 1. The molecule has 0 aliphatic carbocycles. The van der Waals surface area contributed by atoms with E-state index >= 15 is 0 Å². The third-order valence-corrected chi connectivity index (χ3v) is 4.02. The molecule has 0 aliphatic rings. The summed E-state index contributed by atoms with van der Waals surface area (Å²) < 4.78 is 5.97. The molecule has 2 aromatic carbocycles. The number of hydrogen-bond donors (Lipinski definition) is 0.